The number of nitrogens with zero attached hydrogens (tertiary/aromatic N) is 1. The van der Waals surface area contributed by atoms with Crippen LogP contribution in [0.5, 0.6) is 0 Å². The molecular weight excluding hydrogens is 246 g/mol. The van der Waals surface area contributed by atoms with Crippen LogP contribution in [0.15, 0.2) is 42.5 Å². The van der Waals surface area contributed by atoms with E-state index in [0.717, 1.165) is 19.6 Å². The summed E-state index contributed by atoms with van der Waals surface area (Å²) in [5, 5.41) is 9.84. The van der Waals surface area contributed by atoms with Crippen molar-refractivity contribution in [2.24, 2.45) is 0 Å². The molecule has 0 bridgehead atoms. The number of fused-ring (bicyclic) bond motifs is 1. The Morgan fingerprint density at radius 1 is 1.20 bits per heavy atom. The molecule has 20 heavy (non-hydrogen) atoms. The summed E-state index contributed by atoms with van der Waals surface area (Å²) in [4.78, 5) is 2.40. The zero-order valence-electron chi connectivity index (χ0n) is 12.3. The van der Waals surface area contributed by atoms with Crippen molar-refractivity contribution in [1.82, 2.24) is 15.5 Å². The topological polar surface area (TPSA) is 27.3 Å². The average Bonchev–Trinajstić information content (AvgIpc) is 2.48. The zero-order valence-corrected chi connectivity index (χ0v) is 12.3. The van der Waals surface area contributed by atoms with E-state index in [-0.39, 0.29) is 0 Å². The lowest BCUT2D eigenvalue weighted by atomic mass is 9.93. The standard InChI is InChI=1S/C17H23N3/c1-18-17(16-12-20(2)11-10-19-16)15-9-5-7-13-6-3-4-8-14(13)15/h3-9,16-19H,10-12H2,1-2H3. The Labute approximate surface area is 121 Å². The molecule has 1 saturated heterocycles. The van der Waals surface area contributed by atoms with Gasteiger partial charge in [-0.1, -0.05) is 42.5 Å². The van der Waals surface area contributed by atoms with E-state index in [1.807, 2.05) is 0 Å². The maximum Gasteiger partial charge on any atom is 0.0492 e. The smallest absolute Gasteiger partial charge is 0.0492 e. The molecule has 3 nitrogen and oxygen atoms in total. The third kappa shape index (κ3) is 2.57. The molecule has 2 atom stereocenters. The van der Waals surface area contributed by atoms with Crippen molar-refractivity contribution in [1.29, 1.82) is 0 Å². The lowest BCUT2D eigenvalue weighted by molar-refractivity contribution is 0.210. The van der Waals surface area contributed by atoms with Gasteiger partial charge in [0.1, 0.15) is 0 Å². The van der Waals surface area contributed by atoms with Crippen LogP contribution < -0.4 is 10.6 Å². The molecular formula is C17H23N3. The van der Waals surface area contributed by atoms with Crippen LogP contribution in [0.25, 0.3) is 10.8 Å². The van der Waals surface area contributed by atoms with E-state index in [2.05, 4.69) is 72.1 Å². The monoisotopic (exact) mass is 269 g/mol. The number of benzene rings is 2. The van der Waals surface area contributed by atoms with E-state index in [9.17, 15) is 0 Å². The largest absolute Gasteiger partial charge is 0.312 e. The van der Waals surface area contributed by atoms with Gasteiger partial charge in [-0.25, -0.2) is 0 Å². The Kier molecular flexibility index (Phi) is 4.01. The van der Waals surface area contributed by atoms with Crippen LogP contribution in [0.4, 0.5) is 0 Å². The lowest BCUT2D eigenvalue weighted by Gasteiger charge is -2.36. The maximum absolute atomic E-state index is 3.66. The number of piperazine rings is 1. The van der Waals surface area contributed by atoms with E-state index >= 15 is 0 Å². The normalized spacial score (nSPS) is 22.0. The first-order valence-electron chi connectivity index (χ1n) is 7.36. The van der Waals surface area contributed by atoms with Gasteiger partial charge in [-0.15, -0.1) is 0 Å². The third-order valence-corrected chi connectivity index (χ3v) is 4.28. The van der Waals surface area contributed by atoms with Crippen molar-refractivity contribution in [2.75, 3.05) is 33.7 Å². The van der Waals surface area contributed by atoms with Gasteiger partial charge in [0.25, 0.3) is 0 Å². The Hall–Kier alpha value is -1.42. The molecule has 0 radical (unpaired) electrons. The predicted molar refractivity (Wildman–Crippen MR) is 85.0 cm³/mol. The molecule has 0 spiro atoms. The van der Waals surface area contributed by atoms with Gasteiger partial charge in [0.05, 0.1) is 0 Å². The first-order valence-corrected chi connectivity index (χ1v) is 7.36. The van der Waals surface area contributed by atoms with Crippen molar-refractivity contribution < 1.29 is 0 Å². The van der Waals surface area contributed by atoms with E-state index in [1.54, 1.807) is 0 Å². The number of hydrogen-bond acceptors (Lipinski definition) is 3. The maximum atomic E-state index is 3.66. The first-order chi connectivity index (χ1) is 9.79. The molecule has 2 unspecified atom stereocenters. The Balaban J connectivity index is 1.98. The van der Waals surface area contributed by atoms with Gasteiger partial charge in [0.2, 0.25) is 0 Å². The highest BCUT2D eigenvalue weighted by atomic mass is 15.2. The number of hydrogen-bond donors (Lipinski definition) is 2. The second kappa shape index (κ2) is 5.92. The van der Waals surface area contributed by atoms with Gasteiger partial charge < -0.3 is 15.5 Å². The molecule has 2 N–H and O–H groups in total. The fraction of sp³-hybridized carbons (Fsp3) is 0.412. The van der Waals surface area contributed by atoms with Crippen molar-refractivity contribution in [3.8, 4) is 0 Å². The summed E-state index contributed by atoms with van der Waals surface area (Å²) in [6.07, 6.45) is 0. The van der Waals surface area contributed by atoms with Gasteiger partial charge in [0.15, 0.2) is 0 Å². The van der Waals surface area contributed by atoms with Crippen LogP contribution in [0.3, 0.4) is 0 Å². The summed E-state index contributed by atoms with van der Waals surface area (Å²) in [6.45, 7) is 3.27. The molecule has 1 fully saturated rings. The summed E-state index contributed by atoms with van der Waals surface area (Å²) in [6, 6.07) is 16.0. The Bertz CT molecular complexity index is 576. The molecule has 1 heterocycles. The summed E-state index contributed by atoms with van der Waals surface area (Å²) in [5.41, 5.74) is 1.39. The van der Waals surface area contributed by atoms with Crippen LogP contribution in [0.2, 0.25) is 0 Å². The SMILES string of the molecule is CNC(c1cccc2ccccc12)C1CN(C)CCN1. The second-order valence-electron chi connectivity index (χ2n) is 5.66. The predicted octanol–water partition coefficient (Wildman–Crippen LogP) is 2.00. The summed E-state index contributed by atoms with van der Waals surface area (Å²) >= 11 is 0. The van der Waals surface area contributed by atoms with Crippen LogP contribution in [-0.2, 0) is 0 Å². The fourth-order valence-corrected chi connectivity index (χ4v) is 3.25. The van der Waals surface area contributed by atoms with Crippen LogP contribution in [0.1, 0.15) is 11.6 Å². The van der Waals surface area contributed by atoms with Gasteiger partial charge >= 0.3 is 0 Å². The lowest BCUT2D eigenvalue weighted by Crippen LogP contribution is -2.54. The quantitative estimate of drug-likeness (QED) is 0.892. The zero-order chi connectivity index (χ0) is 13.9. The van der Waals surface area contributed by atoms with Crippen molar-refractivity contribution in [2.45, 2.75) is 12.1 Å². The number of nitrogens with one attached hydrogen (secondary N) is 2. The van der Waals surface area contributed by atoms with E-state index < -0.39 is 0 Å². The average molecular weight is 269 g/mol. The van der Waals surface area contributed by atoms with Gasteiger partial charge in [0, 0.05) is 31.7 Å². The molecule has 0 aliphatic carbocycles. The van der Waals surface area contributed by atoms with Gasteiger partial charge in [-0.2, -0.15) is 0 Å². The highest BCUT2D eigenvalue weighted by molar-refractivity contribution is 5.86. The fourth-order valence-electron chi connectivity index (χ4n) is 3.25. The highest BCUT2D eigenvalue weighted by Gasteiger charge is 2.26. The molecule has 1 aliphatic rings. The molecule has 3 rings (SSSR count). The Morgan fingerprint density at radius 3 is 2.80 bits per heavy atom. The van der Waals surface area contributed by atoms with Gasteiger partial charge in [-0.3, -0.25) is 0 Å². The molecule has 2 aromatic carbocycles. The minimum Gasteiger partial charge on any atom is -0.312 e. The second-order valence-corrected chi connectivity index (χ2v) is 5.66. The molecule has 3 heteroatoms. The highest BCUT2D eigenvalue weighted by Crippen LogP contribution is 2.27. The number of likely N-dealkylation sites (N-methyl/N-ethyl adjacent to an activating group) is 2. The molecule has 2 aromatic rings. The Morgan fingerprint density at radius 2 is 2.00 bits per heavy atom. The number of rotatable bonds is 3. The molecule has 1 aliphatic heterocycles. The molecule has 0 amide bonds. The first kappa shape index (κ1) is 13.6. The molecule has 0 aromatic heterocycles. The van der Waals surface area contributed by atoms with E-state index in [1.165, 1.54) is 16.3 Å². The minimum absolute atomic E-state index is 0.337. The van der Waals surface area contributed by atoms with E-state index in [4.69, 9.17) is 0 Å². The summed E-state index contributed by atoms with van der Waals surface area (Å²) in [5.74, 6) is 0. The van der Waals surface area contributed by atoms with Crippen LogP contribution in [-0.4, -0.2) is 44.7 Å². The van der Waals surface area contributed by atoms with E-state index in [0.29, 0.717) is 12.1 Å². The minimum atomic E-state index is 0.337. The van der Waals surface area contributed by atoms with Crippen LogP contribution >= 0.6 is 0 Å². The van der Waals surface area contributed by atoms with Crippen molar-refractivity contribution >= 4 is 10.8 Å². The summed E-state index contributed by atoms with van der Waals surface area (Å²) in [7, 11) is 4.26. The van der Waals surface area contributed by atoms with Crippen molar-refractivity contribution in [3.63, 3.8) is 0 Å². The van der Waals surface area contributed by atoms with Crippen molar-refractivity contribution in [3.05, 3.63) is 48.0 Å². The molecule has 106 valence electrons. The van der Waals surface area contributed by atoms with Gasteiger partial charge in [-0.05, 0) is 30.4 Å². The van der Waals surface area contributed by atoms with Crippen LogP contribution in [0, 0.1) is 0 Å². The summed E-state index contributed by atoms with van der Waals surface area (Å²) < 4.78 is 0. The third-order valence-electron chi connectivity index (χ3n) is 4.28. The molecule has 0 saturated carbocycles.